The first-order chi connectivity index (χ1) is 7.38. The summed E-state index contributed by atoms with van der Waals surface area (Å²) in [6.07, 6.45) is 2.50. The van der Waals surface area contributed by atoms with Crippen LogP contribution in [0.3, 0.4) is 0 Å². The van der Waals surface area contributed by atoms with Gasteiger partial charge in [0.25, 0.3) is 0 Å². The minimum Gasteiger partial charge on any atom is -0.467 e. The van der Waals surface area contributed by atoms with Crippen molar-refractivity contribution in [3.63, 3.8) is 0 Å². The van der Waals surface area contributed by atoms with E-state index in [0.717, 1.165) is 6.26 Å². The smallest absolute Gasteiger partial charge is 0.238 e. The zero-order valence-electron chi connectivity index (χ0n) is 9.06. The third-order valence-corrected chi connectivity index (χ3v) is 2.58. The van der Waals surface area contributed by atoms with Crippen molar-refractivity contribution in [1.82, 2.24) is 10.0 Å². The Kier molecular flexibility index (Phi) is 4.08. The monoisotopic (exact) mass is 246 g/mol. The average molecular weight is 246 g/mol. The van der Waals surface area contributed by atoms with Crippen LogP contribution < -0.4 is 10.0 Å². The highest BCUT2D eigenvalue weighted by atomic mass is 32.2. The molecule has 0 bridgehead atoms. The molecule has 0 aliphatic rings. The lowest BCUT2D eigenvalue weighted by Crippen LogP contribution is -2.44. The third kappa shape index (κ3) is 4.45. The van der Waals surface area contributed by atoms with Crippen LogP contribution in [-0.4, -0.2) is 26.6 Å². The molecule has 0 unspecified atom stereocenters. The van der Waals surface area contributed by atoms with E-state index in [1.54, 1.807) is 12.1 Å². The van der Waals surface area contributed by atoms with Crippen molar-refractivity contribution < 1.29 is 17.6 Å². The SMILES string of the molecule is C[C@@H](NS(C)(=O)=O)C(=O)NCc1ccco1. The quantitative estimate of drug-likeness (QED) is 0.755. The van der Waals surface area contributed by atoms with Gasteiger partial charge in [0.1, 0.15) is 5.76 Å². The van der Waals surface area contributed by atoms with E-state index in [-0.39, 0.29) is 6.54 Å². The first-order valence-corrected chi connectivity index (χ1v) is 6.55. The van der Waals surface area contributed by atoms with Crippen molar-refractivity contribution in [1.29, 1.82) is 0 Å². The maximum absolute atomic E-state index is 11.4. The Balaban J connectivity index is 2.41. The van der Waals surface area contributed by atoms with E-state index in [2.05, 4.69) is 10.0 Å². The maximum atomic E-state index is 11.4. The molecule has 1 atom stereocenters. The Labute approximate surface area is 94.1 Å². The van der Waals surface area contributed by atoms with Gasteiger partial charge in [0.15, 0.2) is 0 Å². The molecule has 1 heterocycles. The van der Waals surface area contributed by atoms with Crippen LogP contribution in [-0.2, 0) is 21.4 Å². The summed E-state index contributed by atoms with van der Waals surface area (Å²) in [6.45, 7) is 1.71. The largest absolute Gasteiger partial charge is 0.467 e. The van der Waals surface area contributed by atoms with Crippen molar-refractivity contribution in [2.45, 2.75) is 19.5 Å². The van der Waals surface area contributed by atoms with Crippen LogP contribution in [0.2, 0.25) is 0 Å². The summed E-state index contributed by atoms with van der Waals surface area (Å²) in [7, 11) is -3.37. The molecule has 1 aromatic heterocycles. The predicted molar refractivity (Wildman–Crippen MR) is 58.0 cm³/mol. The summed E-state index contributed by atoms with van der Waals surface area (Å²) in [5.74, 6) is 0.210. The fraction of sp³-hybridized carbons (Fsp3) is 0.444. The third-order valence-electron chi connectivity index (χ3n) is 1.80. The van der Waals surface area contributed by atoms with Crippen molar-refractivity contribution in [2.24, 2.45) is 0 Å². The normalized spacial score (nSPS) is 13.4. The first kappa shape index (κ1) is 12.7. The number of furan rings is 1. The molecule has 90 valence electrons. The van der Waals surface area contributed by atoms with Gasteiger partial charge in [0.2, 0.25) is 15.9 Å². The number of nitrogens with one attached hydrogen (secondary N) is 2. The molecular formula is C9H14N2O4S. The summed E-state index contributed by atoms with van der Waals surface area (Å²) in [5, 5.41) is 2.55. The van der Waals surface area contributed by atoms with Crippen LogP contribution in [0.5, 0.6) is 0 Å². The number of amides is 1. The molecule has 0 spiro atoms. The van der Waals surface area contributed by atoms with Crippen LogP contribution in [0.15, 0.2) is 22.8 Å². The lowest BCUT2D eigenvalue weighted by atomic mass is 10.3. The summed E-state index contributed by atoms with van der Waals surface area (Å²) >= 11 is 0. The van der Waals surface area contributed by atoms with Gasteiger partial charge in [-0.25, -0.2) is 13.1 Å². The minimum atomic E-state index is -3.37. The number of rotatable bonds is 5. The summed E-state index contributed by atoms with van der Waals surface area (Å²) in [4.78, 5) is 11.4. The fourth-order valence-electron chi connectivity index (χ4n) is 1.12. The zero-order valence-corrected chi connectivity index (χ0v) is 9.87. The van der Waals surface area contributed by atoms with E-state index in [1.807, 2.05) is 0 Å². The summed E-state index contributed by atoms with van der Waals surface area (Å²) < 4.78 is 28.9. The Hall–Kier alpha value is -1.34. The van der Waals surface area contributed by atoms with Crippen LogP contribution in [0.4, 0.5) is 0 Å². The van der Waals surface area contributed by atoms with Gasteiger partial charge in [0, 0.05) is 0 Å². The first-order valence-electron chi connectivity index (χ1n) is 4.66. The predicted octanol–water partition coefficient (Wildman–Crippen LogP) is -0.166. The van der Waals surface area contributed by atoms with Gasteiger partial charge >= 0.3 is 0 Å². The molecule has 0 radical (unpaired) electrons. The lowest BCUT2D eigenvalue weighted by molar-refractivity contribution is -0.122. The molecule has 1 rings (SSSR count). The molecule has 1 aromatic rings. The molecule has 0 fully saturated rings. The molecule has 0 saturated heterocycles. The molecule has 16 heavy (non-hydrogen) atoms. The van der Waals surface area contributed by atoms with Gasteiger partial charge in [-0.2, -0.15) is 0 Å². The Morgan fingerprint density at radius 2 is 2.25 bits per heavy atom. The van der Waals surface area contributed by atoms with E-state index >= 15 is 0 Å². The van der Waals surface area contributed by atoms with Crippen LogP contribution in [0.25, 0.3) is 0 Å². The molecule has 2 N–H and O–H groups in total. The van der Waals surface area contributed by atoms with Crippen molar-refractivity contribution in [2.75, 3.05) is 6.26 Å². The molecule has 6 nitrogen and oxygen atoms in total. The zero-order chi connectivity index (χ0) is 12.2. The van der Waals surface area contributed by atoms with E-state index in [4.69, 9.17) is 4.42 Å². The summed E-state index contributed by atoms with van der Waals surface area (Å²) in [5.41, 5.74) is 0. The highest BCUT2D eigenvalue weighted by Crippen LogP contribution is 1.98. The number of hydrogen-bond acceptors (Lipinski definition) is 4. The second kappa shape index (κ2) is 5.13. The van der Waals surface area contributed by atoms with Crippen molar-refractivity contribution in [3.05, 3.63) is 24.2 Å². The number of sulfonamides is 1. The number of carbonyl (C=O) groups is 1. The van der Waals surface area contributed by atoms with Gasteiger partial charge in [-0.3, -0.25) is 4.79 Å². The molecule has 7 heteroatoms. The summed E-state index contributed by atoms with van der Waals surface area (Å²) in [6, 6.07) is 2.62. The lowest BCUT2D eigenvalue weighted by Gasteiger charge is -2.11. The van der Waals surface area contributed by atoms with Gasteiger partial charge in [-0.05, 0) is 19.1 Å². The standard InChI is InChI=1S/C9H14N2O4S/c1-7(11-16(2,13)14)9(12)10-6-8-4-3-5-15-8/h3-5,7,11H,6H2,1-2H3,(H,10,12)/t7-/m1/s1. The highest BCUT2D eigenvalue weighted by Gasteiger charge is 2.16. The number of carbonyl (C=O) groups excluding carboxylic acids is 1. The average Bonchev–Trinajstić information content (AvgIpc) is 2.63. The second-order valence-electron chi connectivity index (χ2n) is 3.41. The van der Waals surface area contributed by atoms with Crippen LogP contribution >= 0.6 is 0 Å². The minimum absolute atomic E-state index is 0.238. The van der Waals surface area contributed by atoms with E-state index in [9.17, 15) is 13.2 Å². The topological polar surface area (TPSA) is 88.4 Å². The van der Waals surface area contributed by atoms with E-state index in [1.165, 1.54) is 13.2 Å². The van der Waals surface area contributed by atoms with Gasteiger partial charge in [0.05, 0.1) is 25.1 Å². The molecular weight excluding hydrogens is 232 g/mol. The number of hydrogen-bond donors (Lipinski definition) is 2. The van der Waals surface area contributed by atoms with Crippen LogP contribution in [0.1, 0.15) is 12.7 Å². The van der Waals surface area contributed by atoms with E-state index in [0.29, 0.717) is 5.76 Å². The van der Waals surface area contributed by atoms with Gasteiger partial charge < -0.3 is 9.73 Å². The van der Waals surface area contributed by atoms with E-state index < -0.39 is 22.0 Å². The molecule has 0 aliphatic heterocycles. The van der Waals surface area contributed by atoms with Gasteiger partial charge in [-0.1, -0.05) is 0 Å². The maximum Gasteiger partial charge on any atom is 0.238 e. The fourth-order valence-corrected chi connectivity index (χ4v) is 1.86. The van der Waals surface area contributed by atoms with Crippen molar-refractivity contribution in [3.8, 4) is 0 Å². The molecule has 0 saturated carbocycles. The highest BCUT2D eigenvalue weighted by molar-refractivity contribution is 7.88. The van der Waals surface area contributed by atoms with Crippen LogP contribution in [0, 0.1) is 0 Å². The Morgan fingerprint density at radius 1 is 1.56 bits per heavy atom. The van der Waals surface area contributed by atoms with Crippen molar-refractivity contribution >= 4 is 15.9 Å². The molecule has 0 aromatic carbocycles. The molecule has 1 amide bonds. The molecule has 0 aliphatic carbocycles. The van der Waals surface area contributed by atoms with Gasteiger partial charge in [-0.15, -0.1) is 0 Å². The second-order valence-corrected chi connectivity index (χ2v) is 5.19. The Morgan fingerprint density at radius 3 is 2.75 bits per heavy atom. The Bertz CT molecular complexity index is 438.